The molecule has 2 aromatic rings. The average molecular weight is 458 g/mol. The first-order valence-corrected chi connectivity index (χ1v) is 7.70. The molecular weight excluding hydrogens is 450 g/mol. The molecule has 0 spiro atoms. The standard InChI is InChI=1S/C13H8BrCl2IO/c14-10-5-4-7(17)6-9(10)13(18)8-2-1-3-11(15)12(8)16/h1-6,13,18H. The summed E-state index contributed by atoms with van der Waals surface area (Å²) in [4.78, 5) is 0. The van der Waals surface area contributed by atoms with Gasteiger partial charge in [0.05, 0.1) is 10.0 Å². The molecule has 0 radical (unpaired) electrons. The molecule has 0 heterocycles. The van der Waals surface area contributed by atoms with Crippen molar-refractivity contribution in [1.82, 2.24) is 0 Å². The summed E-state index contributed by atoms with van der Waals surface area (Å²) >= 11 is 17.7. The van der Waals surface area contributed by atoms with Gasteiger partial charge in [0, 0.05) is 19.2 Å². The minimum absolute atomic E-state index is 0.387. The van der Waals surface area contributed by atoms with E-state index in [4.69, 9.17) is 23.2 Å². The van der Waals surface area contributed by atoms with E-state index in [-0.39, 0.29) is 0 Å². The number of hydrogen-bond donors (Lipinski definition) is 1. The van der Waals surface area contributed by atoms with Crippen LogP contribution in [0.4, 0.5) is 0 Å². The summed E-state index contributed by atoms with van der Waals surface area (Å²) < 4.78 is 1.88. The van der Waals surface area contributed by atoms with E-state index in [9.17, 15) is 5.11 Å². The molecule has 0 amide bonds. The molecule has 2 rings (SSSR count). The number of aliphatic hydroxyl groups is 1. The first kappa shape index (κ1) is 14.6. The first-order chi connectivity index (χ1) is 8.50. The van der Waals surface area contributed by atoms with E-state index in [0.717, 1.165) is 13.6 Å². The van der Waals surface area contributed by atoms with Gasteiger partial charge in [-0.3, -0.25) is 0 Å². The summed E-state index contributed by atoms with van der Waals surface area (Å²) in [7, 11) is 0. The van der Waals surface area contributed by atoms with E-state index in [1.807, 2.05) is 18.2 Å². The van der Waals surface area contributed by atoms with Gasteiger partial charge in [0.15, 0.2) is 0 Å². The highest BCUT2D eigenvalue weighted by Gasteiger charge is 2.18. The van der Waals surface area contributed by atoms with Gasteiger partial charge in [0.2, 0.25) is 0 Å². The monoisotopic (exact) mass is 456 g/mol. The van der Waals surface area contributed by atoms with Crippen molar-refractivity contribution in [2.24, 2.45) is 0 Å². The predicted octanol–water partition coefficient (Wildman–Crippen LogP) is 5.44. The van der Waals surface area contributed by atoms with Gasteiger partial charge >= 0.3 is 0 Å². The van der Waals surface area contributed by atoms with Gasteiger partial charge in [0.1, 0.15) is 6.10 Å². The van der Waals surface area contributed by atoms with Crippen LogP contribution in [0.1, 0.15) is 17.2 Å². The van der Waals surface area contributed by atoms with Crippen LogP contribution in [0.15, 0.2) is 40.9 Å². The second kappa shape index (κ2) is 6.09. The lowest BCUT2D eigenvalue weighted by Crippen LogP contribution is -2.02. The Morgan fingerprint density at radius 3 is 2.56 bits per heavy atom. The van der Waals surface area contributed by atoms with Crippen LogP contribution in [-0.2, 0) is 0 Å². The predicted molar refractivity (Wildman–Crippen MR) is 87.4 cm³/mol. The highest BCUT2D eigenvalue weighted by Crippen LogP contribution is 2.36. The molecule has 94 valence electrons. The SMILES string of the molecule is OC(c1cc(I)ccc1Br)c1cccc(Cl)c1Cl. The van der Waals surface area contributed by atoms with Crippen molar-refractivity contribution in [3.8, 4) is 0 Å². The zero-order valence-electron chi connectivity index (χ0n) is 9.00. The van der Waals surface area contributed by atoms with Crippen LogP contribution in [0.25, 0.3) is 0 Å². The quantitative estimate of drug-likeness (QED) is 0.595. The van der Waals surface area contributed by atoms with Gasteiger partial charge in [-0.1, -0.05) is 51.3 Å². The fourth-order valence-electron chi connectivity index (χ4n) is 1.62. The zero-order chi connectivity index (χ0) is 13.3. The third-order valence-corrected chi connectivity index (χ3v) is 4.76. The minimum Gasteiger partial charge on any atom is -0.384 e. The van der Waals surface area contributed by atoms with Gasteiger partial charge in [0.25, 0.3) is 0 Å². The number of benzene rings is 2. The van der Waals surface area contributed by atoms with Crippen molar-refractivity contribution in [3.05, 3.63) is 65.6 Å². The van der Waals surface area contributed by atoms with Crippen molar-refractivity contribution in [3.63, 3.8) is 0 Å². The topological polar surface area (TPSA) is 20.2 Å². The summed E-state index contributed by atoms with van der Waals surface area (Å²) in [6.07, 6.45) is -0.805. The summed E-state index contributed by atoms with van der Waals surface area (Å²) in [5.41, 5.74) is 1.37. The average Bonchev–Trinajstić information content (AvgIpc) is 2.35. The molecule has 1 N–H and O–H groups in total. The van der Waals surface area contributed by atoms with E-state index in [1.54, 1.807) is 18.2 Å². The van der Waals surface area contributed by atoms with Crippen LogP contribution in [0.5, 0.6) is 0 Å². The normalized spacial score (nSPS) is 12.5. The Balaban J connectivity index is 2.51. The number of halogens is 4. The maximum absolute atomic E-state index is 10.4. The van der Waals surface area contributed by atoms with Crippen LogP contribution in [0, 0.1) is 3.57 Å². The molecule has 5 heteroatoms. The zero-order valence-corrected chi connectivity index (χ0v) is 14.3. The van der Waals surface area contributed by atoms with Gasteiger partial charge in [-0.25, -0.2) is 0 Å². The van der Waals surface area contributed by atoms with E-state index in [2.05, 4.69) is 38.5 Å². The van der Waals surface area contributed by atoms with E-state index in [0.29, 0.717) is 15.6 Å². The second-order valence-corrected chi connectivity index (χ2v) is 6.60. The maximum atomic E-state index is 10.4. The fraction of sp³-hybridized carbons (Fsp3) is 0.0769. The molecule has 1 nitrogen and oxygen atoms in total. The summed E-state index contributed by atoms with van der Waals surface area (Å²) in [6, 6.07) is 11.0. The molecule has 0 aliphatic rings. The van der Waals surface area contributed by atoms with Gasteiger partial charge in [-0.2, -0.15) is 0 Å². The first-order valence-electron chi connectivity index (χ1n) is 5.07. The molecule has 0 saturated carbocycles. The Morgan fingerprint density at radius 1 is 1.11 bits per heavy atom. The Labute approximate surface area is 137 Å². The molecule has 0 aliphatic carbocycles. The van der Waals surface area contributed by atoms with Crippen LogP contribution < -0.4 is 0 Å². The van der Waals surface area contributed by atoms with Crippen LogP contribution >= 0.6 is 61.7 Å². The number of hydrogen-bond acceptors (Lipinski definition) is 1. The number of rotatable bonds is 2. The van der Waals surface area contributed by atoms with Crippen LogP contribution in [0.2, 0.25) is 10.0 Å². The Morgan fingerprint density at radius 2 is 1.83 bits per heavy atom. The van der Waals surface area contributed by atoms with Crippen molar-refractivity contribution in [2.45, 2.75) is 6.10 Å². The molecule has 0 saturated heterocycles. The van der Waals surface area contributed by atoms with Crippen molar-refractivity contribution in [2.75, 3.05) is 0 Å². The van der Waals surface area contributed by atoms with Gasteiger partial charge in [-0.15, -0.1) is 0 Å². The third-order valence-electron chi connectivity index (χ3n) is 2.53. The Hall–Kier alpha value is 0.190. The Bertz CT molecular complexity index is 587. The van der Waals surface area contributed by atoms with Gasteiger partial charge < -0.3 is 5.11 Å². The lowest BCUT2D eigenvalue weighted by Gasteiger charge is -2.15. The molecule has 0 aliphatic heterocycles. The largest absolute Gasteiger partial charge is 0.384 e. The van der Waals surface area contributed by atoms with E-state index < -0.39 is 6.10 Å². The minimum atomic E-state index is -0.805. The summed E-state index contributed by atoms with van der Waals surface area (Å²) in [6.45, 7) is 0. The van der Waals surface area contributed by atoms with Gasteiger partial charge in [-0.05, 0) is 46.9 Å². The third kappa shape index (κ3) is 3.02. The smallest absolute Gasteiger partial charge is 0.107 e. The number of aliphatic hydroxyl groups excluding tert-OH is 1. The summed E-state index contributed by atoms with van der Waals surface area (Å²) in [5, 5.41) is 11.3. The lowest BCUT2D eigenvalue weighted by atomic mass is 10.0. The molecule has 18 heavy (non-hydrogen) atoms. The molecule has 2 aromatic carbocycles. The van der Waals surface area contributed by atoms with E-state index in [1.165, 1.54) is 0 Å². The van der Waals surface area contributed by atoms with Crippen LogP contribution in [0.3, 0.4) is 0 Å². The van der Waals surface area contributed by atoms with Crippen molar-refractivity contribution < 1.29 is 5.11 Å². The van der Waals surface area contributed by atoms with E-state index >= 15 is 0 Å². The molecule has 1 unspecified atom stereocenters. The molecule has 0 fully saturated rings. The highest BCUT2D eigenvalue weighted by atomic mass is 127. The lowest BCUT2D eigenvalue weighted by molar-refractivity contribution is 0.219. The molecule has 0 bridgehead atoms. The summed E-state index contributed by atoms with van der Waals surface area (Å²) in [5.74, 6) is 0. The maximum Gasteiger partial charge on any atom is 0.107 e. The highest BCUT2D eigenvalue weighted by molar-refractivity contribution is 14.1. The molecule has 1 atom stereocenters. The van der Waals surface area contributed by atoms with Crippen molar-refractivity contribution in [1.29, 1.82) is 0 Å². The van der Waals surface area contributed by atoms with Crippen molar-refractivity contribution >= 4 is 61.7 Å². The Kier molecular flexibility index (Phi) is 4.94. The molecule has 0 aromatic heterocycles. The second-order valence-electron chi connectivity index (χ2n) is 3.71. The fourth-order valence-corrected chi connectivity index (χ4v) is 3.01. The molecular formula is C13H8BrCl2IO. The van der Waals surface area contributed by atoms with Crippen LogP contribution in [-0.4, -0.2) is 5.11 Å².